The third kappa shape index (κ3) is 1.69. The molecule has 0 unspecified atom stereocenters. The van der Waals surface area contributed by atoms with Gasteiger partial charge in [0, 0.05) is 0 Å². The molecule has 0 bridgehead atoms. The second-order valence-corrected chi connectivity index (χ2v) is 3.90. The van der Waals surface area contributed by atoms with Gasteiger partial charge in [0.1, 0.15) is 0 Å². The van der Waals surface area contributed by atoms with Gasteiger partial charge in [-0.05, 0) is 36.8 Å². The van der Waals surface area contributed by atoms with Crippen LogP contribution >= 0.6 is 11.6 Å². The minimum Gasteiger partial charge on any atom is -0.149 e. The molecule has 1 fully saturated rings. The predicted molar refractivity (Wildman–Crippen MR) is 42.0 cm³/mol. The molecular weight excluding hydrogens is 150 g/mol. The van der Waals surface area contributed by atoms with E-state index >= 15 is 0 Å². The van der Waals surface area contributed by atoms with Crippen LogP contribution in [0.15, 0.2) is 5.18 Å². The molecule has 0 saturated heterocycles. The van der Waals surface area contributed by atoms with E-state index in [0.717, 1.165) is 25.7 Å². The third-order valence-corrected chi connectivity index (χ3v) is 2.65. The molecule has 0 spiro atoms. The molecule has 58 valence electrons. The molecule has 0 aromatic heterocycles. The average Bonchev–Trinajstić information content (AvgIpc) is 1.96. The second-order valence-electron chi connectivity index (χ2n) is 3.19. The lowest BCUT2D eigenvalue weighted by Crippen LogP contribution is -2.24. The number of hydrogen-bond acceptors (Lipinski definition) is 2. The molecule has 0 radical (unpaired) electrons. The van der Waals surface area contributed by atoms with Crippen LogP contribution in [0.25, 0.3) is 0 Å². The molecule has 3 heteroatoms. The predicted octanol–water partition coefficient (Wildman–Crippen LogP) is 2.90. The molecule has 0 aromatic rings. The summed E-state index contributed by atoms with van der Waals surface area (Å²) < 4.78 is 0. The normalized spacial score (nSPS) is 41.2. The Balaban J connectivity index is 2.46. The summed E-state index contributed by atoms with van der Waals surface area (Å²) in [5, 5.41) is 2.93. The zero-order valence-electron chi connectivity index (χ0n) is 6.14. The lowest BCUT2D eigenvalue weighted by atomic mass is 9.87. The lowest BCUT2D eigenvalue weighted by Gasteiger charge is -2.27. The molecule has 1 saturated carbocycles. The van der Waals surface area contributed by atoms with Crippen molar-refractivity contribution in [3.63, 3.8) is 0 Å². The number of alkyl halides is 1. The Labute approximate surface area is 65.9 Å². The summed E-state index contributed by atoms with van der Waals surface area (Å²) in [5.41, 5.74) is 0. The number of hydrogen-bond donors (Lipinski definition) is 0. The molecule has 0 heterocycles. The van der Waals surface area contributed by atoms with Crippen LogP contribution in [0.1, 0.15) is 32.6 Å². The molecule has 2 nitrogen and oxygen atoms in total. The van der Waals surface area contributed by atoms with E-state index in [1.54, 1.807) is 0 Å². The van der Waals surface area contributed by atoms with E-state index in [2.05, 4.69) is 12.1 Å². The van der Waals surface area contributed by atoms with Gasteiger partial charge in [0.15, 0.2) is 5.00 Å². The molecule has 1 aliphatic rings. The highest BCUT2D eigenvalue weighted by molar-refractivity contribution is 6.23. The second kappa shape index (κ2) is 2.87. The summed E-state index contributed by atoms with van der Waals surface area (Å²) in [6, 6.07) is 0. The van der Waals surface area contributed by atoms with Gasteiger partial charge in [-0.1, -0.05) is 18.5 Å². The molecule has 10 heavy (non-hydrogen) atoms. The Morgan fingerprint density at radius 3 is 2.40 bits per heavy atom. The molecular formula is C7H12ClNO. The van der Waals surface area contributed by atoms with Crippen LogP contribution in [0.3, 0.4) is 0 Å². The first-order valence-electron chi connectivity index (χ1n) is 3.70. The largest absolute Gasteiger partial charge is 0.175 e. The molecule has 1 aliphatic carbocycles. The van der Waals surface area contributed by atoms with E-state index in [1.807, 2.05) is 0 Å². The van der Waals surface area contributed by atoms with Crippen molar-refractivity contribution >= 4 is 11.6 Å². The maximum atomic E-state index is 10.2. The SMILES string of the molecule is CC1CCC(Cl)(N=O)CC1. The summed E-state index contributed by atoms with van der Waals surface area (Å²) >= 11 is 5.85. The van der Waals surface area contributed by atoms with E-state index in [0.29, 0.717) is 5.92 Å². The van der Waals surface area contributed by atoms with Crippen molar-refractivity contribution in [1.82, 2.24) is 0 Å². The first kappa shape index (κ1) is 7.99. The van der Waals surface area contributed by atoms with Gasteiger partial charge in [-0.15, -0.1) is 4.91 Å². The van der Waals surface area contributed by atoms with Crippen LogP contribution in [0, 0.1) is 10.8 Å². The van der Waals surface area contributed by atoms with Crippen molar-refractivity contribution in [2.24, 2.45) is 11.1 Å². The molecule has 1 rings (SSSR count). The number of rotatable bonds is 1. The fourth-order valence-corrected chi connectivity index (χ4v) is 1.51. The van der Waals surface area contributed by atoms with Crippen LogP contribution in [-0.4, -0.2) is 5.00 Å². The van der Waals surface area contributed by atoms with Crippen molar-refractivity contribution in [1.29, 1.82) is 0 Å². The summed E-state index contributed by atoms with van der Waals surface area (Å²) in [5.74, 6) is 0.716. The Bertz CT molecular complexity index is 130. The van der Waals surface area contributed by atoms with Crippen LogP contribution < -0.4 is 0 Å². The highest BCUT2D eigenvalue weighted by atomic mass is 35.5. The van der Waals surface area contributed by atoms with Gasteiger partial charge in [-0.25, -0.2) is 0 Å². The Morgan fingerprint density at radius 1 is 1.50 bits per heavy atom. The van der Waals surface area contributed by atoms with Crippen molar-refractivity contribution in [2.45, 2.75) is 37.6 Å². The van der Waals surface area contributed by atoms with E-state index in [-0.39, 0.29) is 0 Å². The minimum absolute atomic E-state index is 0.716. The summed E-state index contributed by atoms with van der Waals surface area (Å²) in [4.78, 5) is 9.45. The number of halogens is 1. The monoisotopic (exact) mass is 161 g/mol. The maximum Gasteiger partial charge on any atom is 0.175 e. The Morgan fingerprint density at radius 2 is 2.00 bits per heavy atom. The highest BCUT2D eigenvalue weighted by Gasteiger charge is 2.32. The zero-order chi connectivity index (χ0) is 7.61. The molecule has 0 N–H and O–H groups in total. The molecule has 0 atom stereocenters. The van der Waals surface area contributed by atoms with Crippen molar-refractivity contribution in [2.75, 3.05) is 0 Å². The molecule has 0 aromatic carbocycles. The van der Waals surface area contributed by atoms with Crippen molar-refractivity contribution in [3.8, 4) is 0 Å². The van der Waals surface area contributed by atoms with Gasteiger partial charge in [-0.2, -0.15) is 0 Å². The van der Waals surface area contributed by atoms with Crippen molar-refractivity contribution < 1.29 is 0 Å². The van der Waals surface area contributed by atoms with Gasteiger partial charge in [0.25, 0.3) is 0 Å². The van der Waals surface area contributed by atoms with E-state index in [1.165, 1.54) is 0 Å². The number of nitroso groups, excluding NO2 is 1. The fourth-order valence-electron chi connectivity index (χ4n) is 1.30. The van der Waals surface area contributed by atoms with E-state index < -0.39 is 5.00 Å². The first-order chi connectivity index (χ1) is 4.66. The Kier molecular flexibility index (Phi) is 2.29. The van der Waals surface area contributed by atoms with Crippen LogP contribution in [0.5, 0.6) is 0 Å². The van der Waals surface area contributed by atoms with E-state index in [9.17, 15) is 4.91 Å². The van der Waals surface area contributed by atoms with Gasteiger partial charge in [0.2, 0.25) is 0 Å². The standard InChI is InChI=1S/C7H12ClNO/c1-6-2-4-7(8,9-10)5-3-6/h6H,2-5H2,1H3. The molecule has 0 aliphatic heterocycles. The van der Waals surface area contributed by atoms with Crippen LogP contribution in [-0.2, 0) is 0 Å². The van der Waals surface area contributed by atoms with Crippen molar-refractivity contribution in [3.05, 3.63) is 4.91 Å². The van der Waals surface area contributed by atoms with Crippen LogP contribution in [0.2, 0.25) is 0 Å². The maximum absolute atomic E-state index is 10.2. The average molecular weight is 162 g/mol. The summed E-state index contributed by atoms with van der Waals surface area (Å²) in [6.07, 6.45) is 3.57. The van der Waals surface area contributed by atoms with Gasteiger partial charge in [-0.3, -0.25) is 0 Å². The minimum atomic E-state index is -0.757. The van der Waals surface area contributed by atoms with Gasteiger partial charge < -0.3 is 0 Å². The smallest absolute Gasteiger partial charge is 0.149 e. The third-order valence-electron chi connectivity index (χ3n) is 2.20. The zero-order valence-corrected chi connectivity index (χ0v) is 6.90. The van der Waals surface area contributed by atoms with E-state index in [4.69, 9.17) is 11.6 Å². The van der Waals surface area contributed by atoms with Gasteiger partial charge >= 0.3 is 0 Å². The Hall–Kier alpha value is -0.110. The number of nitrogens with zero attached hydrogens (tertiary/aromatic N) is 1. The fraction of sp³-hybridized carbons (Fsp3) is 1.00. The first-order valence-corrected chi connectivity index (χ1v) is 4.07. The summed E-state index contributed by atoms with van der Waals surface area (Å²) in [7, 11) is 0. The van der Waals surface area contributed by atoms with Gasteiger partial charge in [0.05, 0.1) is 0 Å². The topological polar surface area (TPSA) is 29.4 Å². The highest BCUT2D eigenvalue weighted by Crippen LogP contribution is 2.37. The van der Waals surface area contributed by atoms with Crippen LogP contribution in [0.4, 0.5) is 0 Å². The molecule has 0 amide bonds. The quantitative estimate of drug-likeness (QED) is 0.330. The lowest BCUT2D eigenvalue weighted by molar-refractivity contribution is 0.319. The summed E-state index contributed by atoms with van der Waals surface area (Å²) in [6.45, 7) is 2.18.